The Hall–Kier alpha value is -1.63. The number of carbonyl (C=O) groups excluding carboxylic acids is 1. The van der Waals surface area contributed by atoms with Crippen molar-refractivity contribution in [3.05, 3.63) is 45.4 Å². The molecule has 0 unspecified atom stereocenters. The number of thiazole rings is 1. The molecule has 2 heterocycles. The fourth-order valence-corrected chi connectivity index (χ4v) is 4.85. The summed E-state index contributed by atoms with van der Waals surface area (Å²) in [6.07, 6.45) is 5.51. The molecule has 0 spiro atoms. The van der Waals surface area contributed by atoms with Gasteiger partial charge in [0, 0.05) is 42.0 Å². The molecule has 26 heavy (non-hydrogen) atoms. The first kappa shape index (κ1) is 17.8. The van der Waals surface area contributed by atoms with E-state index in [0.717, 1.165) is 49.6 Å². The van der Waals surface area contributed by atoms with Crippen LogP contribution in [0.2, 0.25) is 5.02 Å². The zero-order chi connectivity index (χ0) is 17.9. The first-order valence-electron chi connectivity index (χ1n) is 9.18. The molecule has 1 saturated carbocycles. The van der Waals surface area contributed by atoms with Gasteiger partial charge >= 0.3 is 6.03 Å². The van der Waals surface area contributed by atoms with Crippen LogP contribution in [0.1, 0.15) is 41.8 Å². The number of rotatable bonds is 4. The van der Waals surface area contributed by atoms with Crippen LogP contribution in [0.15, 0.2) is 24.3 Å². The van der Waals surface area contributed by atoms with Gasteiger partial charge in [0.1, 0.15) is 0 Å². The molecule has 2 aromatic rings. The van der Waals surface area contributed by atoms with Crippen LogP contribution in [0.25, 0.3) is 0 Å². The van der Waals surface area contributed by atoms with E-state index in [1.165, 1.54) is 23.3 Å². The lowest BCUT2D eigenvalue weighted by Crippen LogP contribution is -2.36. The molecular formula is C19H23ClN4OS. The van der Waals surface area contributed by atoms with E-state index in [9.17, 15) is 4.79 Å². The molecule has 2 amide bonds. The largest absolute Gasteiger partial charge is 0.335 e. The number of hydrogen-bond donors (Lipinski definition) is 2. The van der Waals surface area contributed by atoms with Crippen molar-refractivity contribution >= 4 is 34.1 Å². The Balaban J connectivity index is 1.34. The van der Waals surface area contributed by atoms with Crippen LogP contribution in [0.4, 0.5) is 9.93 Å². The first-order chi connectivity index (χ1) is 12.7. The third-order valence-electron chi connectivity index (χ3n) is 5.04. The quantitative estimate of drug-likeness (QED) is 0.812. The summed E-state index contributed by atoms with van der Waals surface area (Å²) in [6.45, 7) is 2.76. The third kappa shape index (κ3) is 4.37. The van der Waals surface area contributed by atoms with Gasteiger partial charge in [-0.05, 0) is 30.5 Å². The number of nitrogens with zero attached hydrogens (tertiary/aromatic N) is 2. The zero-order valence-electron chi connectivity index (χ0n) is 14.6. The number of hydrogen-bond acceptors (Lipinski definition) is 4. The standard InChI is InChI=1S/C19H23ClN4OS/c20-14-7-5-13(6-8-14)11-24-10-9-16-17(12-24)26-19(22-16)23-18(25)21-15-3-1-2-4-15/h5-8,15H,1-4,9-12H2,(H2,21,22,23,25). The summed E-state index contributed by atoms with van der Waals surface area (Å²) in [4.78, 5) is 20.4. The number of urea groups is 1. The molecule has 4 rings (SSSR count). The van der Waals surface area contributed by atoms with E-state index in [1.807, 2.05) is 12.1 Å². The van der Waals surface area contributed by atoms with Crippen molar-refractivity contribution in [2.24, 2.45) is 0 Å². The van der Waals surface area contributed by atoms with E-state index >= 15 is 0 Å². The number of carbonyl (C=O) groups is 1. The van der Waals surface area contributed by atoms with Gasteiger partial charge in [0.2, 0.25) is 0 Å². The van der Waals surface area contributed by atoms with E-state index in [-0.39, 0.29) is 6.03 Å². The number of benzene rings is 1. The fourth-order valence-electron chi connectivity index (χ4n) is 3.67. The molecule has 1 fully saturated rings. The number of fused-ring (bicyclic) bond motifs is 1. The van der Waals surface area contributed by atoms with Crippen LogP contribution >= 0.6 is 22.9 Å². The van der Waals surface area contributed by atoms with Crippen molar-refractivity contribution in [2.75, 3.05) is 11.9 Å². The number of amides is 2. The second kappa shape index (κ2) is 7.94. The second-order valence-corrected chi connectivity index (χ2v) is 8.58. The van der Waals surface area contributed by atoms with Crippen LogP contribution in [0, 0.1) is 0 Å². The van der Waals surface area contributed by atoms with E-state index in [0.29, 0.717) is 11.2 Å². The number of halogens is 1. The topological polar surface area (TPSA) is 57.3 Å². The van der Waals surface area contributed by atoms with Crippen LogP contribution in [0.5, 0.6) is 0 Å². The molecule has 0 atom stereocenters. The van der Waals surface area contributed by atoms with Crippen LogP contribution in [-0.4, -0.2) is 28.5 Å². The Bertz CT molecular complexity index is 770. The molecule has 0 saturated heterocycles. The minimum absolute atomic E-state index is 0.124. The third-order valence-corrected chi connectivity index (χ3v) is 6.29. The Labute approximate surface area is 162 Å². The van der Waals surface area contributed by atoms with Crippen molar-refractivity contribution in [2.45, 2.75) is 51.2 Å². The highest BCUT2D eigenvalue weighted by molar-refractivity contribution is 7.15. The fraction of sp³-hybridized carbons (Fsp3) is 0.474. The van der Waals surface area contributed by atoms with Crippen molar-refractivity contribution in [3.63, 3.8) is 0 Å². The molecule has 0 radical (unpaired) electrons. The maximum atomic E-state index is 12.1. The first-order valence-corrected chi connectivity index (χ1v) is 10.4. The van der Waals surface area contributed by atoms with Crippen LogP contribution in [-0.2, 0) is 19.5 Å². The van der Waals surface area contributed by atoms with Crippen molar-refractivity contribution in [1.82, 2.24) is 15.2 Å². The SMILES string of the molecule is O=C(Nc1nc2c(s1)CN(Cc1ccc(Cl)cc1)CC2)NC1CCCC1. The Kier molecular flexibility index (Phi) is 5.43. The lowest BCUT2D eigenvalue weighted by molar-refractivity contribution is 0.247. The molecular weight excluding hydrogens is 368 g/mol. The summed E-state index contributed by atoms with van der Waals surface area (Å²) >= 11 is 7.55. The van der Waals surface area contributed by atoms with Crippen molar-refractivity contribution in [3.8, 4) is 0 Å². The average Bonchev–Trinajstić information content (AvgIpc) is 3.25. The minimum atomic E-state index is -0.124. The summed E-state index contributed by atoms with van der Waals surface area (Å²) in [6, 6.07) is 8.21. The highest BCUT2D eigenvalue weighted by Crippen LogP contribution is 2.29. The summed E-state index contributed by atoms with van der Waals surface area (Å²) in [5, 5.41) is 7.44. The highest BCUT2D eigenvalue weighted by atomic mass is 35.5. The normalized spacial score (nSPS) is 17.9. The molecule has 0 bridgehead atoms. The maximum absolute atomic E-state index is 12.1. The van der Waals surface area contributed by atoms with Crippen molar-refractivity contribution in [1.29, 1.82) is 0 Å². The molecule has 7 heteroatoms. The van der Waals surface area contributed by atoms with Gasteiger partial charge in [0.15, 0.2) is 5.13 Å². The molecule has 138 valence electrons. The van der Waals surface area contributed by atoms with Gasteiger partial charge in [0.25, 0.3) is 0 Å². The van der Waals surface area contributed by atoms with E-state index in [2.05, 4.69) is 32.7 Å². The van der Waals surface area contributed by atoms with E-state index < -0.39 is 0 Å². The van der Waals surface area contributed by atoms with Gasteiger partial charge in [0.05, 0.1) is 5.69 Å². The smallest absolute Gasteiger partial charge is 0.321 e. The maximum Gasteiger partial charge on any atom is 0.321 e. The van der Waals surface area contributed by atoms with E-state index in [1.54, 1.807) is 11.3 Å². The summed E-state index contributed by atoms with van der Waals surface area (Å²) in [5.74, 6) is 0. The summed E-state index contributed by atoms with van der Waals surface area (Å²) in [7, 11) is 0. The molecule has 1 aromatic carbocycles. The van der Waals surface area contributed by atoms with Gasteiger partial charge in [-0.2, -0.15) is 0 Å². The highest BCUT2D eigenvalue weighted by Gasteiger charge is 2.22. The molecule has 5 nitrogen and oxygen atoms in total. The van der Waals surface area contributed by atoms with Gasteiger partial charge < -0.3 is 5.32 Å². The molecule has 1 aromatic heterocycles. The summed E-state index contributed by atoms with van der Waals surface area (Å²) in [5.41, 5.74) is 2.38. The Morgan fingerprint density at radius 1 is 1.27 bits per heavy atom. The minimum Gasteiger partial charge on any atom is -0.335 e. The predicted octanol–water partition coefficient (Wildman–Crippen LogP) is 4.42. The van der Waals surface area contributed by atoms with Crippen molar-refractivity contribution < 1.29 is 4.79 Å². The number of nitrogens with one attached hydrogen (secondary N) is 2. The monoisotopic (exact) mass is 390 g/mol. The molecule has 1 aliphatic heterocycles. The van der Waals surface area contributed by atoms with E-state index in [4.69, 9.17) is 11.6 Å². The number of aromatic nitrogens is 1. The van der Waals surface area contributed by atoms with Crippen LogP contribution < -0.4 is 10.6 Å². The molecule has 2 N–H and O–H groups in total. The van der Waals surface area contributed by atoms with Crippen LogP contribution in [0.3, 0.4) is 0 Å². The lowest BCUT2D eigenvalue weighted by atomic mass is 10.1. The van der Waals surface area contributed by atoms with Gasteiger partial charge in [-0.1, -0.05) is 36.6 Å². The Morgan fingerprint density at radius 2 is 2.04 bits per heavy atom. The molecule has 2 aliphatic rings. The van der Waals surface area contributed by atoms with Gasteiger partial charge in [-0.3, -0.25) is 10.2 Å². The number of anilines is 1. The molecule has 1 aliphatic carbocycles. The van der Waals surface area contributed by atoms with Gasteiger partial charge in [-0.25, -0.2) is 9.78 Å². The van der Waals surface area contributed by atoms with Gasteiger partial charge in [-0.15, -0.1) is 11.3 Å². The summed E-state index contributed by atoms with van der Waals surface area (Å²) < 4.78 is 0. The predicted molar refractivity (Wildman–Crippen MR) is 106 cm³/mol. The Morgan fingerprint density at radius 3 is 2.81 bits per heavy atom. The lowest BCUT2D eigenvalue weighted by Gasteiger charge is -2.25. The average molecular weight is 391 g/mol. The second-order valence-electron chi connectivity index (χ2n) is 7.06. The zero-order valence-corrected chi connectivity index (χ0v) is 16.2.